The molecule has 0 bridgehead atoms. The van der Waals surface area contributed by atoms with E-state index in [1.54, 1.807) is 4.90 Å². The second-order valence-electron chi connectivity index (χ2n) is 6.31. The molecule has 1 fully saturated rings. The topological polar surface area (TPSA) is 62.5 Å². The monoisotopic (exact) mass is 392 g/mol. The van der Waals surface area contributed by atoms with Crippen LogP contribution in [0.5, 0.6) is 0 Å². The van der Waals surface area contributed by atoms with E-state index >= 15 is 0 Å². The van der Waals surface area contributed by atoms with Gasteiger partial charge in [-0.05, 0) is 38.1 Å². The van der Waals surface area contributed by atoms with E-state index in [0.29, 0.717) is 18.3 Å². The Balaban J connectivity index is 1.57. The SMILES string of the molecule is CN(C)C(=O)C1CCN(Cc2nc(-c3cccc(Br)c3)no2)CC1. The summed E-state index contributed by atoms with van der Waals surface area (Å²) in [6, 6.07) is 7.83. The van der Waals surface area contributed by atoms with Crippen molar-refractivity contribution < 1.29 is 9.32 Å². The highest BCUT2D eigenvalue weighted by molar-refractivity contribution is 9.10. The first-order valence-corrected chi connectivity index (χ1v) is 8.84. The third kappa shape index (κ3) is 4.02. The summed E-state index contributed by atoms with van der Waals surface area (Å²) in [5, 5.41) is 4.07. The molecule has 1 aromatic heterocycles. The molecule has 128 valence electrons. The van der Waals surface area contributed by atoms with Gasteiger partial charge in [0.1, 0.15) is 0 Å². The predicted octanol–water partition coefficient (Wildman–Crippen LogP) is 2.80. The molecule has 3 rings (SSSR count). The molecule has 0 atom stereocenters. The molecule has 1 aliphatic rings. The van der Waals surface area contributed by atoms with E-state index in [9.17, 15) is 4.79 Å². The smallest absolute Gasteiger partial charge is 0.241 e. The van der Waals surface area contributed by atoms with Crippen molar-refractivity contribution in [2.24, 2.45) is 5.92 Å². The number of halogens is 1. The van der Waals surface area contributed by atoms with Crippen LogP contribution < -0.4 is 0 Å². The van der Waals surface area contributed by atoms with Crippen LogP contribution in [-0.4, -0.2) is 53.0 Å². The zero-order valence-electron chi connectivity index (χ0n) is 13.9. The molecule has 1 aromatic carbocycles. The third-order valence-electron chi connectivity index (χ3n) is 4.29. The third-order valence-corrected chi connectivity index (χ3v) is 4.78. The van der Waals surface area contributed by atoms with Gasteiger partial charge >= 0.3 is 0 Å². The van der Waals surface area contributed by atoms with Gasteiger partial charge in [0.25, 0.3) is 0 Å². The molecule has 0 spiro atoms. The van der Waals surface area contributed by atoms with Crippen molar-refractivity contribution in [2.75, 3.05) is 27.2 Å². The summed E-state index contributed by atoms with van der Waals surface area (Å²) in [5.41, 5.74) is 0.926. The van der Waals surface area contributed by atoms with E-state index in [0.717, 1.165) is 36.0 Å². The van der Waals surface area contributed by atoms with Gasteiger partial charge in [-0.2, -0.15) is 4.98 Å². The minimum absolute atomic E-state index is 0.135. The van der Waals surface area contributed by atoms with Gasteiger partial charge in [0.2, 0.25) is 17.6 Å². The largest absolute Gasteiger partial charge is 0.349 e. The molecular weight excluding hydrogens is 372 g/mol. The van der Waals surface area contributed by atoms with Crippen molar-refractivity contribution in [1.29, 1.82) is 0 Å². The highest BCUT2D eigenvalue weighted by Gasteiger charge is 2.26. The Morgan fingerprint density at radius 3 is 2.79 bits per heavy atom. The van der Waals surface area contributed by atoms with Gasteiger partial charge in [0.15, 0.2) is 0 Å². The summed E-state index contributed by atoms with van der Waals surface area (Å²) in [4.78, 5) is 20.4. The number of carbonyl (C=O) groups is 1. The van der Waals surface area contributed by atoms with Crippen LogP contribution >= 0.6 is 15.9 Å². The second kappa shape index (κ2) is 7.44. The van der Waals surface area contributed by atoms with Gasteiger partial charge in [-0.1, -0.05) is 33.2 Å². The molecule has 0 unspecified atom stereocenters. The van der Waals surface area contributed by atoms with Gasteiger partial charge in [0.05, 0.1) is 6.54 Å². The van der Waals surface area contributed by atoms with E-state index in [1.807, 2.05) is 38.4 Å². The summed E-state index contributed by atoms with van der Waals surface area (Å²) in [6.07, 6.45) is 1.76. The van der Waals surface area contributed by atoms with Crippen molar-refractivity contribution in [3.63, 3.8) is 0 Å². The minimum Gasteiger partial charge on any atom is -0.349 e. The Labute approximate surface area is 150 Å². The van der Waals surface area contributed by atoms with Gasteiger partial charge in [-0.15, -0.1) is 0 Å². The van der Waals surface area contributed by atoms with Crippen LogP contribution in [0.4, 0.5) is 0 Å². The fourth-order valence-corrected chi connectivity index (χ4v) is 3.36. The maximum absolute atomic E-state index is 12.0. The Bertz CT molecular complexity index is 708. The normalized spacial score (nSPS) is 16.3. The van der Waals surface area contributed by atoms with Gasteiger partial charge in [-0.3, -0.25) is 9.69 Å². The van der Waals surface area contributed by atoms with E-state index in [4.69, 9.17) is 4.52 Å². The fourth-order valence-electron chi connectivity index (χ4n) is 2.96. The van der Waals surface area contributed by atoms with Gasteiger partial charge < -0.3 is 9.42 Å². The number of aromatic nitrogens is 2. The predicted molar refractivity (Wildman–Crippen MR) is 94.1 cm³/mol. The van der Waals surface area contributed by atoms with Crippen LogP contribution in [-0.2, 0) is 11.3 Å². The van der Waals surface area contributed by atoms with Crippen LogP contribution in [0, 0.1) is 5.92 Å². The molecule has 0 saturated carbocycles. The van der Waals surface area contributed by atoms with Crippen molar-refractivity contribution in [3.05, 3.63) is 34.6 Å². The van der Waals surface area contributed by atoms with E-state index in [1.165, 1.54) is 0 Å². The minimum atomic E-state index is 0.135. The van der Waals surface area contributed by atoms with E-state index < -0.39 is 0 Å². The summed E-state index contributed by atoms with van der Waals surface area (Å²) < 4.78 is 6.37. The Morgan fingerprint density at radius 2 is 2.12 bits per heavy atom. The van der Waals surface area contributed by atoms with Crippen molar-refractivity contribution in [3.8, 4) is 11.4 Å². The lowest BCUT2D eigenvalue weighted by molar-refractivity contribution is -0.134. The zero-order chi connectivity index (χ0) is 17.1. The van der Waals surface area contributed by atoms with Crippen molar-refractivity contribution in [2.45, 2.75) is 19.4 Å². The molecule has 2 aromatic rings. The lowest BCUT2D eigenvalue weighted by Crippen LogP contribution is -2.39. The number of hydrogen-bond acceptors (Lipinski definition) is 5. The molecule has 7 heteroatoms. The number of likely N-dealkylation sites (tertiary alicyclic amines) is 1. The van der Waals surface area contributed by atoms with E-state index in [-0.39, 0.29) is 11.8 Å². The van der Waals surface area contributed by atoms with Gasteiger partial charge in [0, 0.05) is 30.0 Å². The summed E-state index contributed by atoms with van der Waals surface area (Å²) in [6.45, 7) is 2.38. The maximum Gasteiger partial charge on any atom is 0.241 e. The molecule has 1 saturated heterocycles. The number of piperidine rings is 1. The summed E-state index contributed by atoms with van der Waals surface area (Å²) in [5.74, 6) is 1.58. The Kier molecular flexibility index (Phi) is 5.30. The highest BCUT2D eigenvalue weighted by atomic mass is 79.9. The lowest BCUT2D eigenvalue weighted by Gasteiger charge is -2.31. The molecule has 0 radical (unpaired) electrons. The van der Waals surface area contributed by atoms with Crippen LogP contribution in [0.3, 0.4) is 0 Å². The number of amides is 1. The van der Waals surface area contributed by atoms with Crippen molar-refractivity contribution in [1.82, 2.24) is 19.9 Å². The molecule has 2 heterocycles. The number of benzene rings is 1. The number of rotatable bonds is 4. The molecule has 0 N–H and O–H groups in total. The van der Waals surface area contributed by atoms with Crippen LogP contribution in [0.25, 0.3) is 11.4 Å². The number of hydrogen-bond donors (Lipinski definition) is 0. The molecule has 1 aliphatic heterocycles. The average molecular weight is 393 g/mol. The standard InChI is InChI=1S/C17H21BrN4O2/c1-21(2)17(23)12-6-8-22(9-7-12)11-15-19-16(20-24-15)13-4-3-5-14(18)10-13/h3-5,10,12H,6-9,11H2,1-2H3. The first-order chi connectivity index (χ1) is 11.5. The summed E-state index contributed by atoms with van der Waals surface area (Å²) in [7, 11) is 3.63. The van der Waals surface area contributed by atoms with Crippen LogP contribution in [0.1, 0.15) is 18.7 Å². The van der Waals surface area contributed by atoms with E-state index in [2.05, 4.69) is 31.0 Å². The molecule has 0 aliphatic carbocycles. The number of carbonyl (C=O) groups excluding carboxylic acids is 1. The van der Waals surface area contributed by atoms with Crippen LogP contribution in [0.2, 0.25) is 0 Å². The quantitative estimate of drug-likeness (QED) is 0.800. The first kappa shape index (κ1) is 17.1. The molecular formula is C17H21BrN4O2. The maximum atomic E-state index is 12.0. The Hall–Kier alpha value is -1.73. The molecule has 24 heavy (non-hydrogen) atoms. The second-order valence-corrected chi connectivity index (χ2v) is 7.22. The molecule has 6 nitrogen and oxygen atoms in total. The number of nitrogens with zero attached hydrogens (tertiary/aromatic N) is 4. The van der Waals surface area contributed by atoms with Crippen LogP contribution in [0.15, 0.2) is 33.3 Å². The average Bonchev–Trinajstić information content (AvgIpc) is 3.03. The Morgan fingerprint density at radius 1 is 1.38 bits per heavy atom. The van der Waals surface area contributed by atoms with Gasteiger partial charge in [-0.25, -0.2) is 0 Å². The first-order valence-electron chi connectivity index (χ1n) is 8.05. The fraction of sp³-hybridized carbons (Fsp3) is 0.471. The zero-order valence-corrected chi connectivity index (χ0v) is 15.5. The van der Waals surface area contributed by atoms with Crippen molar-refractivity contribution >= 4 is 21.8 Å². The summed E-state index contributed by atoms with van der Waals surface area (Å²) >= 11 is 3.45. The lowest BCUT2D eigenvalue weighted by atomic mass is 9.95. The highest BCUT2D eigenvalue weighted by Crippen LogP contribution is 2.23. The molecule has 1 amide bonds.